The second-order valence-electron chi connectivity index (χ2n) is 5.54. The van der Waals surface area contributed by atoms with Crippen LogP contribution in [0.3, 0.4) is 0 Å². The van der Waals surface area contributed by atoms with Gasteiger partial charge in [-0.25, -0.2) is 0 Å². The van der Waals surface area contributed by atoms with Crippen molar-refractivity contribution in [3.05, 3.63) is 22.7 Å². The molecule has 0 saturated carbocycles. The molecule has 0 fully saturated rings. The summed E-state index contributed by atoms with van der Waals surface area (Å²) < 4.78 is 11.1. The van der Waals surface area contributed by atoms with Crippen LogP contribution < -0.4 is 9.47 Å². The zero-order chi connectivity index (χ0) is 15.9. The number of nitriles is 1. The zero-order valence-corrected chi connectivity index (χ0v) is 15.1. The molecule has 0 atom stereocenters. The molecule has 0 aliphatic heterocycles. The zero-order valence-electron chi connectivity index (χ0n) is 12.7. The van der Waals surface area contributed by atoms with Crippen LogP contribution in [0.25, 0.3) is 0 Å². The Hall–Kier alpha value is -0.920. The number of unbranched alkanes of at least 4 members (excludes halogenated alkanes) is 1. The van der Waals surface area contributed by atoms with Gasteiger partial charge in [0, 0.05) is 5.33 Å². The van der Waals surface area contributed by atoms with Crippen molar-refractivity contribution < 1.29 is 9.47 Å². The van der Waals surface area contributed by atoms with Gasteiger partial charge in [0.15, 0.2) is 11.5 Å². The third kappa shape index (κ3) is 5.76. The van der Waals surface area contributed by atoms with Gasteiger partial charge in [-0.3, -0.25) is 0 Å². The van der Waals surface area contributed by atoms with E-state index in [1.807, 2.05) is 26.0 Å². The third-order valence-electron chi connectivity index (χ3n) is 3.19. The van der Waals surface area contributed by atoms with E-state index >= 15 is 0 Å². The molecular weight excluding hydrogens is 354 g/mol. The highest BCUT2D eigenvalue weighted by Crippen LogP contribution is 2.37. The first-order valence-electron chi connectivity index (χ1n) is 6.90. The van der Waals surface area contributed by atoms with E-state index in [0.29, 0.717) is 28.5 Å². The predicted molar refractivity (Wildman–Crippen MR) is 89.4 cm³/mol. The molecule has 0 radical (unpaired) electrons. The lowest BCUT2D eigenvalue weighted by Gasteiger charge is -2.16. The Balaban J connectivity index is 2.54. The first-order valence-corrected chi connectivity index (χ1v) is 8.40. The molecule has 1 aromatic rings. The average molecular weight is 375 g/mol. The molecule has 21 heavy (non-hydrogen) atoms. The highest BCUT2D eigenvalue weighted by molar-refractivity contribution is 9.08. The van der Waals surface area contributed by atoms with Crippen molar-refractivity contribution >= 4 is 27.5 Å². The maximum Gasteiger partial charge on any atom is 0.179 e. The van der Waals surface area contributed by atoms with E-state index in [0.717, 1.165) is 24.8 Å². The van der Waals surface area contributed by atoms with Crippen molar-refractivity contribution in [3.8, 4) is 17.6 Å². The first kappa shape index (κ1) is 18.1. The number of ether oxygens (including phenoxy) is 2. The molecule has 0 unspecified atom stereocenters. The fraction of sp³-hybridized carbons (Fsp3) is 0.562. The molecule has 0 N–H and O–H groups in total. The number of nitrogens with zero attached hydrogens (tertiary/aromatic N) is 1. The van der Waals surface area contributed by atoms with Crippen LogP contribution in [0.2, 0.25) is 5.02 Å². The van der Waals surface area contributed by atoms with Gasteiger partial charge in [-0.1, -0.05) is 27.5 Å². The van der Waals surface area contributed by atoms with E-state index in [1.165, 1.54) is 0 Å². The Morgan fingerprint density at radius 2 is 2.05 bits per heavy atom. The number of rotatable bonds is 8. The summed E-state index contributed by atoms with van der Waals surface area (Å²) in [6.07, 6.45) is 2.69. The lowest BCUT2D eigenvalue weighted by atomic mass is 9.89. The van der Waals surface area contributed by atoms with Crippen LogP contribution in [0.4, 0.5) is 0 Å². The number of alkyl halides is 1. The Morgan fingerprint density at radius 3 is 2.62 bits per heavy atom. The minimum absolute atomic E-state index is 0.271. The van der Waals surface area contributed by atoms with Crippen LogP contribution in [0, 0.1) is 16.7 Å². The van der Waals surface area contributed by atoms with Crippen molar-refractivity contribution in [1.82, 2.24) is 0 Å². The minimum Gasteiger partial charge on any atom is -0.493 e. The summed E-state index contributed by atoms with van der Waals surface area (Å²) in [6, 6.07) is 6.08. The minimum atomic E-state index is -0.271. The number of methoxy groups -OCH3 is 1. The van der Waals surface area contributed by atoms with Crippen molar-refractivity contribution in [1.29, 1.82) is 5.26 Å². The summed E-state index contributed by atoms with van der Waals surface area (Å²) in [6.45, 7) is 4.46. The molecule has 1 aromatic carbocycles. The van der Waals surface area contributed by atoms with Crippen LogP contribution in [0.5, 0.6) is 11.5 Å². The van der Waals surface area contributed by atoms with Crippen molar-refractivity contribution in [2.45, 2.75) is 38.4 Å². The average Bonchev–Trinajstić information content (AvgIpc) is 2.47. The van der Waals surface area contributed by atoms with Crippen LogP contribution >= 0.6 is 27.5 Å². The number of hydrogen-bond acceptors (Lipinski definition) is 3. The molecule has 1 rings (SSSR count). The molecule has 0 spiro atoms. The predicted octanol–water partition coefficient (Wildman–Crippen LogP) is 5.34. The van der Waals surface area contributed by atoms with E-state index in [2.05, 4.69) is 22.0 Å². The molecule has 0 aliphatic carbocycles. The van der Waals surface area contributed by atoms with Gasteiger partial charge >= 0.3 is 0 Å². The normalized spacial score (nSPS) is 11.0. The van der Waals surface area contributed by atoms with E-state index < -0.39 is 0 Å². The lowest BCUT2D eigenvalue weighted by molar-refractivity contribution is 0.278. The van der Waals surface area contributed by atoms with Crippen LogP contribution in [-0.4, -0.2) is 13.7 Å². The van der Waals surface area contributed by atoms with Gasteiger partial charge in [-0.15, -0.1) is 0 Å². The summed E-state index contributed by atoms with van der Waals surface area (Å²) in [5.41, 5.74) is 0.771. The van der Waals surface area contributed by atoms with E-state index in [-0.39, 0.29) is 5.41 Å². The lowest BCUT2D eigenvalue weighted by Crippen LogP contribution is -2.08. The van der Waals surface area contributed by atoms with Gasteiger partial charge in [-0.05, 0) is 50.8 Å². The molecule has 0 bridgehead atoms. The van der Waals surface area contributed by atoms with Crippen LogP contribution in [0.1, 0.15) is 38.7 Å². The van der Waals surface area contributed by atoms with Gasteiger partial charge in [0.2, 0.25) is 0 Å². The van der Waals surface area contributed by atoms with Crippen molar-refractivity contribution in [2.24, 2.45) is 5.41 Å². The number of hydrogen-bond donors (Lipinski definition) is 0. The molecule has 3 nitrogen and oxygen atoms in total. The summed E-state index contributed by atoms with van der Waals surface area (Å²) in [7, 11) is 1.60. The Morgan fingerprint density at radius 1 is 1.33 bits per heavy atom. The monoisotopic (exact) mass is 373 g/mol. The quantitative estimate of drug-likeness (QED) is 0.455. The molecule has 0 heterocycles. The van der Waals surface area contributed by atoms with Crippen LogP contribution in [-0.2, 0) is 5.33 Å². The fourth-order valence-electron chi connectivity index (χ4n) is 1.89. The summed E-state index contributed by atoms with van der Waals surface area (Å²) in [5, 5.41) is 10.2. The Labute approximate surface area is 140 Å². The Kier molecular flexibility index (Phi) is 7.34. The molecular formula is C16H21BrClNO2. The maximum absolute atomic E-state index is 8.96. The highest BCUT2D eigenvalue weighted by atomic mass is 79.9. The van der Waals surface area contributed by atoms with Crippen LogP contribution in [0.15, 0.2) is 12.1 Å². The molecule has 0 saturated heterocycles. The topological polar surface area (TPSA) is 42.2 Å². The second kappa shape index (κ2) is 8.51. The Bertz CT molecular complexity index is 512. The SMILES string of the molecule is COc1cc(CBr)cc(Cl)c1OCCCCC(C)(C)C#N. The van der Waals surface area contributed by atoms with Crippen molar-refractivity contribution in [3.63, 3.8) is 0 Å². The summed E-state index contributed by atoms with van der Waals surface area (Å²) in [4.78, 5) is 0. The van der Waals surface area contributed by atoms with E-state index in [4.69, 9.17) is 26.3 Å². The largest absolute Gasteiger partial charge is 0.493 e. The molecule has 0 amide bonds. The van der Waals surface area contributed by atoms with Gasteiger partial charge in [-0.2, -0.15) is 5.26 Å². The number of halogens is 2. The van der Waals surface area contributed by atoms with E-state index in [9.17, 15) is 0 Å². The first-order chi connectivity index (χ1) is 9.93. The smallest absolute Gasteiger partial charge is 0.179 e. The highest BCUT2D eigenvalue weighted by Gasteiger charge is 2.16. The second-order valence-corrected chi connectivity index (χ2v) is 6.51. The van der Waals surface area contributed by atoms with Gasteiger partial charge in [0.25, 0.3) is 0 Å². The molecule has 0 aliphatic rings. The summed E-state index contributed by atoms with van der Waals surface area (Å²) >= 11 is 9.63. The molecule has 5 heteroatoms. The fourth-order valence-corrected chi connectivity index (χ4v) is 2.50. The van der Waals surface area contributed by atoms with Gasteiger partial charge in [0.05, 0.1) is 30.2 Å². The maximum atomic E-state index is 8.96. The number of benzene rings is 1. The van der Waals surface area contributed by atoms with E-state index in [1.54, 1.807) is 7.11 Å². The third-order valence-corrected chi connectivity index (χ3v) is 4.12. The standard InChI is InChI=1S/C16H21BrClNO2/c1-16(2,11-19)6-4-5-7-21-15-13(18)8-12(10-17)9-14(15)20-3/h8-9H,4-7,10H2,1-3H3. The van der Waals surface area contributed by atoms with Gasteiger partial charge in [0.1, 0.15) is 0 Å². The van der Waals surface area contributed by atoms with Gasteiger partial charge < -0.3 is 9.47 Å². The summed E-state index contributed by atoms with van der Waals surface area (Å²) in [5.74, 6) is 1.23. The molecule has 0 aromatic heterocycles. The van der Waals surface area contributed by atoms with Crippen molar-refractivity contribution in [2.75, 3.05) is 13.7 Å². The molecule has 116 valence electrons.